The molecule has 0 heterocycles. The molecule has 0 radical (unpaired) electrons. The Morgan fingerprint density at radius 2 is 1.09 bits per heavy atom. The summed E-state index contributed by atoms with van der Waals surface area (Å²) in [5.41, 5.74) is 0. The third-order valence-electron chi connectivity index (χ3n) is 7.33. The topological polar surface area (TPSA) is 149 Å². The van der Waals surface area contributed by atoms with Gasteiger partial charge in [-0.2, -0.15) is 0 Å². The van der Waals surface area contributed by atoms with E-state index >= 15 is 0 Å². The number of aliphatic hydroxyl groups is 2. The van der Waals surface area contributed by atoms with Gasteiger partial charge in [0.15, 0.2) is 6.10 Å². The van der Waals surface area contributed by atoms with Crippen molar-refractivity contribution >= 4 is 19.8 Å². The standard InChI is InChI=1S/C35H65O10P/c1-3-5-7-9-11-13-15-17-19-21-23-25-27-35(39)45-33(31-44-46(40,41)43-29-32(37)28-36)30-42-34(38)26-24-22-20-18-16-14-12-10-8-6-4-2/h10-13,32-33,36-37H,3-9,14-31H2,1-2H3,(H,40,41)/b12-10+,13-11+/t32-,33+/m0/s1. The van der Waals surface area contributed by atoms with Crippen LogP contribution in [0.1, 0.15) is 149 Å². The van der Waals surface area contributed by atoms with Crippen LogP contribution >= 0.6 is 7.82 Å². The van der Waals surface area contributed by atoms with Crippen molar-refractivity contribution in [3.8, 4) is 0 Å². The number of allylic oxidation sites excluding steroid dienone is 4. The van der Waals surface area contributed by atoms with Gasteiger partial charge in [-0.1, -0.05) is 102 Å². The number of carbonyl (C=O) groups is 2. The van der Waals surface area contributed by atoms with E-state index < -0.39 is 51.8 Å². The molecule has 0 spiro atoms. The lowest BCUT2D eigenvalue weighted by Crippen LogP contribution is -2.29. The first-order valence-electron chi connectivity index (χ1n) is 17.8. The average Bonchev–Trinajstić information content (AvgIpc) is 3.04. The molecule has 0 fully saturated rings. The fourth-order valence-electron chi connectivity index (χ4n) is 4.50. The molecule has 0 amide bonds. The van der Waals surface area contributed by atoms with Crippen molar-refractivity contribution in [2.45, 2.75) is 161 Å². The lowest BCUT2D eigenvalue weighted by Gasteiger charge is -2.20. The Morgan fingerprint density at radius 1 is 0.630 bits per heavy atom. The number of carbonyl (C=O) groups excluding carboxylic acids is 2. The quantitative estimate of drug-likeness (QED) is 0.0268. The average molecular weight is 677 g/mol. The molecule has 46 heavy (non-hydrogen) atoms. The van der Waals surface area contributed by atoms with Gasteiger partial charge in [0.05, 0.1) is 19.8 Å². The minimum absolute atomic E-state index is 0.173. The number of ether oxygens (including phenoxy) is 2. The van der Waals surface area contributed by atoms with Crippen LogP contribution in [-0.4, -0.2) is 65.7 Å². The molecule has 270 valence electrons. The highest BCUT2D eigenvalue weighted by atomic mass is 31.2. The smallest absolute Gasteiger partial charge is 0.462 e. The number of hydrogen-bond donors (Lipinski definition) is 3. The molecule has 1 unspecified atom stereocenters. The van der Waals surface area contributed by atoms with Gasteiger partial charge < -0.3 is 24.6 Å². The molecular weight excluding hydrogens is 611 g/mol. The summed E-state index contributed by atoms with van der Waals surface area (Å²) in [5, 5.41) is 18.2. The minimum Gasteiger partial charge on any atom is -0.462 e. The van der Waals surface area contributed by atoms with E-state index in [9.17, 15) is 24.2 Å². The van der Waals surface area contributed by atoms with Crippen LogP contribution in [0.25, 0.3) is 0 Å². The summed E-state index contributed by atoms with van der Waals surface area (Å²) >= 11 is 0. The number of hydrogen-bond acceptors (Lipinski definition) is 9. The third-order valence-corrected chi connectivity index (χ3v) is 8.28. The highest BCUT2D eigenvalue weighted by Gasteiger charge is 2.27. The molecule has 0 aromatic rings. The molecule has 11 heteroatoms. The molecule has 3 atom stereocenters. The van der Waals surface area contributed by atoms with Crippen LogP contribution in [0.4, 0.5) is 0 Å². The number of aliphatic hydroxyl groups excluding tert-OH is 2. The van der Waals surface area contributed by atoms with Crippen LogP contribution in [-0.2, 0) is 32.7 Å². The highest BCUT2D eigenvalue weighted by Crippen LogP contribution is 2.43. The van der Waals surface area contributed by atoms with E-state index in [2.05, 4.69) is 42.7 Å². The zero-order chi connectivity index (χ0) is 34.1. The zero-order valence-corrected chi connectivity index (χ0v) is 29.7. The first-order chi connectivity index (χ1) is 22.2. The fraction of sp³-hybridized carbons (Fsp3) is 0.829. The van der Waals surface area contributed by atoms with Crippen LogP contribution in [0.5, 0.6) is 0 Å². The van der Waals surface area contributed by atoms with Gasteiger partial charge in [-0.3, -0.25) is 18.6 Å². The highest BCUT2D eigenvalue weighted by molar-refractivity contribution is 7.47. The van der Waals surface area contributed by atoms with Crippen LogP contribution in [0, 0.1) is 0 Å². The number of unbranched alkanes of at least 4 members (excludes halogenated alkanes) is 15. The molecule has 0 saturated heterocycles. The van der Waals surface area contributed by atoms with Gasteiger partial charge in [-0.15, -0.1) is 0 Å². The van der Waals surface area contributed by atoms with Crippen molar-refractivity contribution < 1.29 is 47.8 Å². The van der Waals surface area contributed by atoms with Crippen molar-refractivity contribution in [2.24, 2.45) is 0 Å². The molecule has 0 saturated carbocycles. The molecule has 0 aliphatic carbocycles. The van der Waals surface area contributed by atoms with Gasteiger partial charge in [-0.25, -0.2) is 4.57 Å². The lowest BCUT2D eigenvalue weighted by atomic mass is 10.1. The molecule has 10 nitrogen and oxygen atoms in total. The van der Waals surface area contributed by atoms with Crippen molar-refractivity contribution in [1.82, 2.24) is 0 Å². The number of phosphoric ester groups is 1. The monoisotopic (exact) mass is 676 g/mol. The van der Waals surface area contributed by atoms with E-state index in [-0.39, 0.29) is 19.4 Å². The Morgan fingerprint density at radius 3 is 1.63 bits per heavy atom. The van der Waals surface area contributed by atoms with Gasteiger partial charge in [0.1, 0.15) is 12.7 Å². The van der Waals surface area contributed by atoms with Crippen molar-refractivity contribution in [2.75, 3.05) is 26.4 Å². The second-order valence-electron chi connectivity index (χ2n) is 11.9. The Balaban J connectivity index is 4.44. The van der Waals surface area contributed by atoms with E-state index in [1.54, 1.807) is 0 Å². The molecule has 0 rings (SSSR count). The Hall–Kier alpha value is -1.55. The van der Waals surface area contributed by atoms with E-state index in [0.717, 1.165) is 77.0 Å². The molecule has 0 aromatic heterocycles. The Bertz CT molecular complexity index is 832. The second kappa shape index (κ2) is 32.0. The van der Waals surface area contributed by atoms with Crippen LogP contribution in [0.2, 0.25) is 0 Å². The maximum Gasteiger partial charge on any atom is 0.472 e. The van der Waals surface area contributed by atoms with Crippen molar-refractivity contribution in [1.29, 1.82) is 0 Å². The molecule has 3 N–H and O–H groups in total. The number of esters is 2. The molecule has 0 aliphatic heterocycles. The van der Waals surface area contributed by atoms with Crippen LogP contribution in [0.3, 0.4) is 0 Å². The van der Waals surface area contributed by atoms with Crippen molar-refractivity contribution in [3.05, 3.63) is 24.3 Å². The second-order valence-corrected chi connectivity index (χ2v) is 13.3. The van der Waals surface area contributed by atoms with E-state index in [0.29, 0.717) is 12.8 Å². The number of rotatable bonds is 33. The van der Waals surface area contributed by atoms with Gasteiger partial charge in [-0.05, 0) is 57.8 Å². The largest absolute Gasteiger partial charge is 0.472 e. The van der Waals surface area contributed by atoms with E-state index in [4.69, 9.17) is 19.1 Å². The first kappa shape index (κ1) is 44.5. The lowest BCUT2D eigenvalue weighted by molar-refractivity contribution is -0.161. The molecular formula is C35H65O10P. The zero-order valence-electron chi connectivity index (χ0n) is 28.8. The summed E-state index contributed by atoms with van der Waals surface area (Å²) in [5.74, 6) is -0.950. The normalized spacial score (nSPS) is 14.5. The van der Waals surface area contributed by atoms with Gasteiger partial charge >= 0.3 is 19.8 Å². The van der Waals surface area contributed by atoms with E-state index in [1.165, 1.54) is 32.1 Å². The SMILES string of the molecule is CCCC/C=C/CCCCCCCC(=O)OC[C@H](COP(=O)(O)OC[C@@H](O)CO)OC(=O)CCCCCCC/C=C/CCCCC. The van der Waals surface area contributed by atoms with Crippen LogP contribution in [0.15, 0.2) is 24.3 Å². The maximum atomic E-state index is 12.5. The summed E-state index contributed by atoms with van der Waals surface area (Å²) in [6.45, 7) is 2.26. The fourth-order valence-corrected chi connectivity index (χ4v) is 5.29. The Kier molecular flexibility index (Phi) is 30.9. The van der Waals surface area contributed by atoms with Gasteiger partial charge in [0, 0.05) is 12.8 Å². The summed E-state index contributed by atoms with van der Waals surface area (Å²) in [4.78, 5) is 34.7. The predicted octanol–water partition coefficient (Wildman–Crippen LogP) is 8.27. The summed E-state index contributed by atoms with van der Waals surface area (Å²) < 4.78 is 32.5. The maximum absolute atomic E-state index is 12.5. The number of phosphoric acid groups is 1. The predicted molar refractivity (Wildman–Crippen MR) is 182 cm³/mol. The Labute approximate surface area is 278 Å². The summed E-state index contributed by atoms with van der Waals surface area (Å²) in [7, 11) is -4.61. The third kappa shape index (κ3) is 31.1. The summed E-state index contributed by atoms with van der Waals surface area (Å²) in [6, 6.07) is 0. The van der Waals surface area contributed by atoms with E-state index in [1.807, 2.05) is 0 Å². The van der Waals surface area contributed by atoms with Crippen LogP contribution < -0.4 is 0 Å². The van der Waals surface area contributed by atoms with Gasteiger partial charge in [0.2, 0.25) is 0 Å². The molecule has 0 aromatic carbocycles. The molecule has 0 bridgehead atoms. The van der Waals surface area contributed by atoms with Gasteiger partial charge in [0.25, 0.3) is 0 Å². The van der Waals surface area contributed by atoms with Crippen molar-refractivity contribution in [3.63, 3.8) is 0 Å². The summed E-state index contributed by atoms with van der Waals surface area (Å²) in [6.07, 6.45) is 27.3. The first-order valence-corrected chi connectivity index (χ1v) is 19.3. The molecule has 0 aliphatic rings. The minimum atomic E-state index is -4.61.